The summed E-state index contributed by atoms with van der Waals surface area (Å²) in [6, 6.07) is 11.4. The number of pyridine rings is 1. The van der Waals surface area contributed by atoms with E-state index in [1.165, 1.54) is 0 Å². The van der Waals surface area contributed by atoms with Gasteiger partial charge in [0.25, 0.3) is 5.91 Å². The molecule has 2 aromatic rings. The predicted octanol–water partition coefficient (Wildman–Crippen LogP) is 3.10. The molecule has 1 heterocycles. The van der Waals surface area contributed by atoms with Crippen LogP contribution in [0, 0.1) is 6.92 Å². The minimum absolute atomic E-state index is 0.112. The molecule has 0 atom stereocenters. The second-order valence-corrected chi connectivity index (χ2v) is 4.61. The fraction of sp³-hybridized carbons (Fsp3) is 0.250. The molecule has 1 amide bonds. The highest BCUT2D eigenvalue weighted by Gasteiger charge is 2.16. The molecule has 0 aliphatic rings. The Morgan fingerprint density at radius 3 is 2.75 bits per heavy atom. The van der Waals surface area contributed by atoms with Crippen molar-refractivity contribution in [3.8, 4) is 0 Å². The highest BCUT2D eigenvalue weighted by atomic mass is 16.2. The average Bonchev–Trinajstić information content (AvgIpc) is 2.47. The number of benzene rings is 1. The van der Waals surface area contributed by atoms with Gasteiger partial charge in [0.1, 0.15) is 5.69 Å². The lowest BCUT2D eigenvalue weighted by atomic mass is 10.1. The fourth-order valence-electron chi connectivity index (χ4n) is 2.08. The summed E-state index contributed by atoms with van der Waals surface area (Å²) in [7, 11) is 1.77. The van der Waals surface area contributed by atoms with Crippen LogP contribution in [0.5, 0.6) is 0 Å². The predicted molar refractivity (Wildman–Crippen MR) is 82.3 cm³/mol. The zero-order chi connectivity index (χ0) is 14.5. The number of nitrogens with zero attached hydrogens (tertiary/aromatic N) is 2. The summed E-state index contributed by atoms with van der Waals surface area (Å²) in [4.78, 5) is 18.3. The number of hydrogen-bond donors (Lipinski definition) is 1. The highest BCUT2D eigenvalue weighted by molar-refractivity contribution is 6.05. The van der Waals surface area contributed by atoms with Gasteiger partial charge in [0, 0.05) is 31.2 Å². The van der Waals surface area contributed by atoms with Crippen LogP contribution in [0.15, 0.2) is 42.6 Å². The largest absolute Gasteiger partial charge is 0.385 e. The van der Waals surface area contributed by atoms with Crippen molar-refractivity contribution >= 4 is 17.3 Å². The Bertz CT molecular complexity index is 610. The normalized spacial score (nSPS) is 10.2. The Morgan fingerprint density at radius 1 is 1.30 bits per heavy atom. The Balaban J connectivity index is 2.27. The van der Waals surface area contributed by atoms with Gasteiger partial charge >= 0.3 is 0 Å². The maximum Gasteiger partial charge on any atom is 0.276 e. The monoisotopic (exact) mass is 269 g/mol. The van der Waals surface area contributed by atoms with E-state index in [9.17, 15) is 4.79 Å². The summed E-state index contributed by atoms with van der Waals surface area (Å²) in [5.41, 5.74) is 3.30. The molecule has 0 bridgehead atoms. The molecule has 1 aromatic heterocycles. The molecule has 4 heteroatoms. The van der Waals surface area contributed by atoms with Crippen molar-refractivity contribution in [3.05, 3.63) is 53.9 Å². The number of para-hydroxylation sites is 1. The third-order valence-electron chi connectivity index (χ3n) is 3.14. The molecule has 0 spiro atoms. The first-order chi connectivity index (χ1) is 9.63. The van der Waals surface area contributed by atoms with Gasteiger partial charge in [-0.05, 0) is 37.6 Å². The number of rotatable bonds is 4. The van der Waals surface area contributed by atoms with Gasteiger partial charge in [0.2, 0.25) is 0 Å². The van der Waals surface area contributed by atoms with Crippen molar-refractivity contribution in [2.24, 2.45) is 0 Å². The van der Waals surface area contributed by atoms with Gasteiger partial charge in [-0.3, -0.25) is 9.78 Å². The van der Waals surface area contributed by atoms with Gasteiger partial charge in [0.05, 0.1) is 0 Å². The molecule has 0 unspecified atom stereocenters. The molecule has 1 aromatic carbocycles. The Hall–Kier alpha value is -2.36. The molecule has 20 heavy (non-hydrogen) atoms. The minimum Gasteiger partial charge on any atom is -0.385 e. The van der Waals surface area contributed by atoms with Crippen LogP contribution in [0.1, 0.15) is 23.0 Å². The molecule has 0 fully saturated rings. The number of amides is 1. The maximum atomic E-state index is 12.5. The fourth-order valence-corrected chi connectivity index (χ4v) is 2.08. The standard InChI is InChI=1S/C16H19N3O/c1-4-17-13-9-10-18-14(11-13)16(20)19(3)15-8-6-5-7-12(15)2/h5-11H,4H2,1-3H3,(H,17,18). The van der Waals surface area contributed by atoms with Crippen LogP contribution in [0.25, 0.3) is 0 Å². The molecule has 104 valence electrons. The first kappa shape index (κ1) is 14.1. The summed E-state index contributed by atoms with van der Waals surface area (Å²) >= 11 is 0. The topological polar surface area (TPSA) is 45.2 Å². The van der Waals surface area contributed by atoms with Gasteiger partial charge < -0.3 is 10.2 Å². The van der Waals surface area contributed by atoms with Crippen molar-refractivity contribution in [2.45, 2.75) is 13.8 Å². The minimum atomic E-state index is -0.112. The van der Waals surface area contributed by atoms with Crippen LogP contribution in [-0.2, 0) is 0 Å². The van der Waals surface area contributed by atoms with Gasteiger partial charge in [-0.2, -0.15) is 0 Å². The third kappa shape index (κ3) is 2.96. The number of nitrogens with one attached hydrogen (secondary N) is 1. The molecule has 0 aliphatic heterocycles. The number of anilines is 2. The summed E-state index contributed by atoms with van der Waals surface area (Å²) in [6.07, 6.45) is 1.65. The third-order valence-corrected chi connectivity index (χ3v) is 3.14. The summed E-state index contributed by atoms with van der Waals surface area (Å²) < 4.78 is 0. The van der Waals surface area contributed by atoms with Crippen LogP contribution in [0.4, 0.5) is 11.4 Å². The quantitative estimate of drug-likeness (QED) is 0.927. The number of carbonyl (C=O) groups is 1. The molecular formula is C16H19N3O. The van der Waals surface area contributed by atoms with Crippen LogP contribution < -0.4 is 10.2 Å². The average molecular weight is 269 g/mol. The molecule has 2 rings (SSSR count). The zero-order valence-corrected chi connectivity index (χ0v) is 12.1. The first-order valence-corrected chi connectivity index (χ1v) is 6.67. The zero-order valence-electron chi connectivity index (χ0n) is 12.1. The van der Waals surface area contributed by atoms with E-state index < -0.39 is 0 Å². The highest BCUT2D eigenvalue weighted by Crippen LogP contribution is 2.20. The molecule has 0 aliphatic carbocycles. The maximum absolute atomic E-state index is 12.5. The summed E-state index contributed by atoms with van der Waals surface area (Å²) in [5.74, 6) is -0.112. The Labute approximate surface area is 119 Å². The Kier molecular flexibility index (Phi) is 4.35. The lowest BCUT2D eigenvalue weighted by Crippen LogP contribution is -2.27. The molecule has 0 saturated carbocycles. The molecule has 0 saturated heterocycles. The van der Waals surface area contributed by atoms with Crippen LogP contribution in [0.3, 0.4) is 0 Å². The lowest BCUT2D eigenvalue weighted by molar-refractivity contribution is 0.0988. The lowest BCUT2D eigenvalue weighted by Gasteiger charge is -2.19. The van der Waals surface area contributed by atoms with Crippen molar-refractivity contribution < 1.29 is 4.79 Å². The van der Waals surface area contributed by atoms with E-state index in [-0.39, 0.29) is 5.91 Å². The van der Waals surface area contributed by atoms with Crippen LogP contribution in [-0.4, -0.2) is 24.5 Å². The van der Waals surface area contributed by atoms with Gasteiger partial charge in [-0.25, -0.2) is 0 Å². The summed E-state index contributed by atoms with van der Waals surface area (Å²) in [5, 5.41) is 3.18. The van der Waals surface area contributed by atoms with Crippen molar-refractivity contribution in [1.29, 1.82) is 0 Å². The Morgan fingerprint density at radius 2 is 2.05 bits per heavy atom. The smallest absolute Gasteiger partial charge is 0.276 e. The van der Waals surface area contributed by atoms with Crippen LogP contribution >= 0.6 is 0 Å². The van der Waals surface area contributed by atoms with E-state index >= 15 is 0 Å². The number of hydrogen-bond acceptors (Lipinski definition) is 3. The molecule has 0 radical (unpaired) electrons. The second kappa shape index (κ2) is 6.19. The molecule has 1 N–H and O–H groups in total. The van der Waals surface area contributed by atoms with Gasteiger partial charge in [-0.15, -0.1) is 0 Å². The number of carbonyl (C=O) groups excluding carboxylic acids is 1. The van der Waals surface area contributed by atoms with E-state index in [1.807, 2.05) is 44.2 Å². The molecular weight excluding hydrogens is 250 g/mol. The van der Waals surface area contributed by atoms with Crippen LogP contribution in [0.2, 0.25) is 0 Å². The van der Waals surface area contributed by atoms with E-state index in [0.717, 1.165) is 23.5 Å². The molecule has 4 nitrogen and oxygen atoms in total. The van der Waals surface area contributed by atoms with E-state index in [2.05, 4.69) is 10.3 Å². The van der Waals surface area contributed by atoms with E-state index in [1.54, 1.807) is 24.2 Å². The van der Waals surface area contributed by atoms with E-state index in [0.29, 0.717) is 5.69 Å². The first-order valence-electron chi connectivity index (χ1n) is 6.67. The number of aromatic nitrogens is 1. The second-order valence-electron chi connectivity index (χ2n) is 4.61. The summed E-state index contributed by atoms with van der Waals surface area (Å²) in [6.45, 7) is 4.81. The number of aryl methyl sites for hydroxylation is 1. The SMILES string of the molecule is CCNc1ccnc(C(=O)N(C)c2ccccc2C)c1. The van der Waals surface area contributed by atoms with Crippen molar-refractivity contribution in [2.75, 3.05) is 23.8 Å². The van der Waals surface area contributed by atoms with E-state index in [4.69, 9.17) is 0 Å². The van der Waals surface area contributed by atoms with Crippen molar-refractivity contribution in [3.63, 3.8) is 0 Å². The van der Waals surface area contributed by atoms with Gasteiger partial charge in [-0.1, -0.05) is 18.2 Å². The van der Waals surface area contributed by atoms with Gasteiger partial charge in [0.15, 0.2) is 0 Å². The van der Waals surface area contributed by atoms with Crippen molar-refractivity contribution in [1.82, 2.24) is 4.98 Å².